The number of nitrogens with two attached hydrogens (primary N) is 1. The van der Waals surface area contributed by atoms with Gasteiger partial charge in [0.05, 0.1) is 6.10 Å². The highest BCUT2D eigenvalue weighted by molar-refractivity contribution is 5.80. The maximum Gasteiger partial charge on any atom is 0.237 e. The molecule has 14 heavy (non-hydrogen) atoms. The Hall–Kier alpha value is -0.610. The van der Waals surface area contributed by atoms with E-state index in [0.29, 0.717) is 0 Å². The maximum atomic E-state index is 11.2. The summed E-state index contributed by atoms with van der Waals surface area (Å²) in [5, 5.41) is 3.22. The fraction of sp³-hybridized carbons (Fsp3) is 0.900. The van der Waals surface area contributed by atoms with Crippen LogP contribution < -0.4 is 11.1 Å². The fourth-order valence-corrected chi connectivity index (χ4v) is 1.90. The van der Waals surface area contributed by atoms with Crippen LogP contribution in [0.25, 0.3) is 0 Å². The van der Waals surface area contributed by atoms with Crippen LogP contribution in [0.5, 0.6) is 0 Å². The lowest BCUT2D eigenvalue weighted by molar-refractivity contribution is -0.123. The van der Waals surface area contributed by atoms with E-state index in [1.54, 1.807) is 0 Å². The second kappa shape index (κ2) is 4.28. The number of hydrogen-bond acceptors (Lipinski definition) is 3. The van der Waals surface area contributed by atoms with Crippen molar-refractivity contribution in [1.82, 2.24) is 5.32 Å². The van der Waals surface area contributed by atoms with Gasteiger partial charge in [-0.05, 0) is 38.1 Å². The third-order valence-corrected chi connectivity index (χ3v) is 2.97. The molecule has 2 fully saturated rings. The Kier molecular flexibility index (Phi) is 3.03. The number of hydrogen-bond donors (Lipinski definition) is 2. The molecule has 1 heterocycles. The monoisotopic (exact) mass is 198 g/mol. The van der Waals surface area contributed by atoms with E-state index >= 15 is 0 Å². The minimum atomic E-state index is -0.280. The molecule has 0 spiro atoms. The Morgan fingerprint density at radius 1 is 1.50 bits per heavy atom. The number of nitrogens with one attached hydrogen (secondary N) is 1. The van der Waals surface area contributed by atoms with Crippen LogP contribution >= 0.6 is 0 Å². The van der Waals surface area contributed by atoms with Crippen molar-refractivity contribution in [1.29, 1.82) is 0 Å². The minimum absolute atomic E-state index is 0.00579. The average Bonchev–Trinajstić information content (AvgIpc) is 2.80. The lowest BCUT2D eigenvalue weighted by Crippen LogP contribution is -2.49. The van der Waals surface area contributed by atoms with Gasteiger partial charge in [-0.1, -0.05) is 0 Å². The van der Waals surface area contributed by atoms with Crippen LogP contribution in [0.15, 0.2) is 0 Å². The molecule has 2 rings (SSSR count). The van der Waals surface area contributed by atoms with Crippen molar-refractivity contribution in [3.63, 3.8) is 0 Å². The number of amides is 1. The van der Waals surface area contributed by atoms with Gasteiger partial charge in [0.25, 0.3) is 0 Å². The summed E-state index contributed by atoms with van der Waals surface area (Å²) in [6.45, 7) is 1.67. The zero-order chi connectivity index (χ0) is 9.97. The standard InChI is InChI=1S/C10H18N2O2/c11-10(13)9(8-2-1-5-14-8)12-6-7-3-4-7/h7-9,12H,1-6H2,(H2,11,13). The highest BCUT2D eigenvalue weighted by Gasteiger charge is 2.31. The molecule has 3 N–H and O–H groups in total. The number of carbonyl (C=O) groups is 1. The molecule has 0 aromatic rings. The zero-order valence-electron chi connectivity index (χ0n) is 8.37. The molecule has 0 bridgehead atoms. The number of rotatable bonds is 5. The molecular formula is C10H18N2O2. The van der Waals surface area contributed by atoms with Crippen LogP contribution in [0.3, 0.4) is 0 Å². The van der Waals surface area contributed by atoms with E-state index in [4.69, 9.17) is 10.5 Å². The Labute approximate surface area is 84.2 Å². The van der Waals surface area contributed by atoms with Crippen LogP contribution in [-0.4, -0.2) is 31.2 Å². The first-order valence-corrected chi connectivity index (χ1v) is 5.41. The van der Waals surface area contributed by atoms with Gasteiger partial charge in [0.2, 0.25) is 5.91 Å². The van der Waals surface area contributed by atoms with Crippen molar-refractivity contribution in [2.24, 2.45) is 11.7 Å². The molecule has 2 unspecified atom stereocenters. The summed E-state index contributed by atoms with van der Waals surface area (Å²) < 4.78 is 5.47. The first kappa shape index (κ1) is 9.93. The van der Waals surface area contributed by atoms with E-state index < -0.39 is 0 Å². The van der Waals surface area contributed by atoms with E-state index in [0.717, 1.165) is 31.9 Å². The third-order valence-electron chi connectivity index (χ3n) is 2.97. The molecule has 4 heteroatoms. The Morgan fingerprint density at radius 2 is 2.29 bits per heavy atom. The molecule has 0 aromatic carbocycles. The lowest BCUT2D eigenvalue weighted by Gasteiger charge is -2.20. The predicted molar refractivity (Wildman–Crippen MR) is 52.7 cm³/mol. The van der Waals surface area contributed by atoms with E-state index in [-0.39, 0.29) is 18.1 Å². The summed E-state index contributed by atoms with van der Waals surface area (Å²) in [5.74, 6) is 0.482. The molecule has 80 valence electrons. The van der Waals surface area contributed by atoms with Crippen molar-refractivity contribution in [3.05, 3.63) is 0 Å². The van der Waals surface area contributed by atoms with E-state index in [9.17, 15) is 4.79 Å². The van der Waals surface area contributed by atoms with Gasteiger partial charge in [-0.15, -0.1) is 0 Å². The summed E-state index contributed by atoms with van der Waals surface area (Å²) in [5.41, 5.74) is 5.34. The number of ether oxygens (including phenoxy) is 1. The fourth-order valence-electron chi connectivity index (χ4n) is 1.90. The molecule has 1 aliphatic carbocycles. The van der Waals surface area contributed by atoms with Crippen molar-refractivity contribution < 1.29 is 9.53 Å². The first-order valence-electron chi connectivity index (χ1n) is 5.41. The third kappa shape index (κ3) is 2.45. The summed E-state index contributed by atoms with van der Waals surface area (Å²) >= 11 is 0. The van der Waals surface area contributed by atoms with E-state index in [1.165, 1.54) is 12.8 Å². The van der Waals surface area contributed by atoms with Gasteiger partial charge in [-0.2, -0.15) is 0 Å². The van der Waals surface area contributed by atoms with Gasteiger partial charge in [0.15, 0.2) is 0 Å². The largest absolute Gasteiger partial charge is 0.376 e. The first-order chi connectivity index (χ1) is 6.77. The smallest absolute Gasteiger partial charge is 0.237 e. The highest BCUT2D eigenvalue weighted by atomic mass is 16.5. The number of carbonyl (C=O) groups excluding carboxylic acids is 1. The number of primary amides is 1. The van der Waals surface area contributed by atoms with Gasteiger partial charge in [-0.3, -0.25) is 4.79 Å². The predicted octanol–water partition coefficient (Wildman–Crippen LogP) is 0.0189. The van der Waals surface area contributed by atoms with Crippen LogP contribution in [0.4, 0.5) is 0 Å². The van der Waals surface area contributed by atoms with Gasteiger partial charge in [-0.25, -0.2) is 0 Å². The van der Waals surface area contributed by atoms with Crippen molar-refractivity contribution in [3.8, 4) is 0 Å². The molecule has 0 radical (unpaired) electrons. The van der Waals surface area contributed by atoms with Crippen LogP contribution in [0, 0.1) is 5.92 Å². The van der Waals surface area contributed by atoms with E-state index in [1.807, 2.05) is 0 Å². The second-order valence-corrected chi connectivity index (χ2v) is 4.28. The molecule has 1 saturated heterocycles. The lowest BCUT2D eigenvalue weighted by atomic mass is 10.1. The highest BCUT2D eigenvalue weighted by Crippen LogP contribution is 2.28. The summed E-state index contributed by atoms with van der Waals surface area (Å²) in [4.78, 5) is 11.2. The van der Waals surface area contributed by atoms with Crippen LogP contribution in [-0.2, 0) is 9.53 Å². The van der Waals surface area contributed by atoms with Gasteiger partial charge in [0.1, 0.15) is 6.04 Å². The van der Waals surface area contributed by atoms with Gasteiger partial charge < -0.3 is 15.8 Å². The molecule has 1 aliphatic heterocycles. The molecule has 1 saturated carbocycles. The summed E-state index contributed by atoms with van der Waals surface area (Å²) in [7, 11) is 0. The SMILES string of the molecule is NC(=O)C(NCC1CC1)C1CCCO1. The van der Waals surface area contributed by atoms with Crippen molar-refractivity contribution in [2.45, 2.75) is 37.8 Å². The Balaban J connectivity index is 1.81. The molecular weight excluding hydrogens is 180 g/mol. The van der Waals surface area contributed by atoms with Crippen molar-refractivity contribution >= 4 is 5.91 Å². The Morgan fingerprint density at radius 3 is 2.79 bits per heavy atom. The molecule has 2 aliphatic rings. The minimum Gasteiger partial charge on any atom is -0.376 e. The van der Waals surface area contributed by atoms with Gasteiger partial charge >= 0.3 is 0 Å². The van der Waals surface area contributed by atoms with Crippen molar-refractivity contribution in [2.75, 3.05) is 13.2 Å². The Bertz CT molecular complexity index is 210. The van der Waals surface area contributed by atoms with E-state index in [2.05, 4.69) is 5.32 Å². The summed E-state index contributed by atoms with van der Waals surface area (Å²) in [6, 6.07) is -0.280. The quantitative estimate of drug-likeness (QED) is 0.654. The maximum absolute atomic E-state index is 11.2. The molecule has 4 nitrogen and oxygen atoms in total. The molecule has 0 aromatic heterocycles. The molecule has 2 atom stereocenters. The van der Waals surface area contributed by atoms with Crippen LogP contribution in [0.2, 0.25) is 0 Å². The average molecular weight is 198 g/mol. The van der Waals surface area contributed by atoms with Crippen LogP contribution in [0.1, 0.15) is 25.7 Å². The molecule has 1 amide bonds. The van der Waals surface area contributed by atoms with Gasteiger partial charge in [0, 0.05) is 6.61 Å². The summed E-state index contributed by atoms with van der Waals surface area (Å²) in [6.07, 6.45) is 4.56. The normalized spacial score (nSPS) is 29.0. The topological polar surface area (TPSA) is 64.4 Å². The second-order valence-electron chi connectivity index (χ2n) is 4.28. The zero-order valence-corrected chi connectivity index (χ0v) is 8.37.